The predicted molar refractivity (Wildman–Crippen MR) is 89.2 cm³/mol. The average molecular weight is 309 g/mol. The second-order valence-corrected chi connectivity index (χ2v) is 5.94. The molecule has 2 heterocycles. The first kappa shape index (κ1) is 14.4. The molecule has 1 amide bonds. The number of nitrogens with zero attached hydrogens (tertiary/aromatic N) is 2. The van der Waals surface area contributed by atoms with Crippen molar-refractivity contribution >= 4 is 22.4 Å². The van der Waals surface area contributed by atoms with E-state index in [2.05, 4.69) is 15.3 Å². The van der Waals surface area contributed by atoms with E-state index in [1.54, 1.807) is 12.4 Å². The first-order valence-corrected chi connectivity index (χ1v) is 7.71. The molecule has 0 unspecified atom stereocenters. The number of amides is 1. The van der Waals surface area contributed by atoms with Crippen molar-refractivity contribution < 1.29 is 4.79 Å². The maximum atomic E-state index is 12.3. The molecular weight excluding hydrogens is 294 g/mol. The molecule has 0 saturated carbocycles. The topological polar surface area (TPSA) is 54.9 Å². The van der Waals surface area contributed by atoms with Crippen LogP contribution in [0.5, 0.6) is 0 Å². The first-order chi connectivity index (χ1) is 10.6. The summed E-state index contributed by atoms with van der Waals surface area (Å²) in [4.78, 5) is 21.9. The maximum Gasteiger partial charge on any atom is 0.257 e. The number of rotatable bonds is 3. The fourth-order valence-corrected chi connectivity index (χ4v) is 3.16. The molecule has 0 radical (unpaired) electrons. The minimum Gasteiger partial charge on any atom is -0.298 e. The van der Waals surface area contributed by atoms with Gasteiger partial charge >= 0.3 is 0 Å². The molecule has 5 heteroatoms. The number of thiazole rings is 1. The molecule has 0 atom stereocenters. The van der Waals surface area contributed by atoms with Gasteiger partial charge in [0, 0.05) is 23.5 Å². The molecule has 4 nitrogen and oxygen atoms in total. The third kappa shape index (κ3) is 2.89. The zero-order valence-electron chi connectivity index (χ0n) is 12.3. The highest BCUT2D eigenvalue weighted by molar-refractivity contribution is 7.19. The van der Waals surface area contributed by atoms with Crippen LogP contribution in [-0.2, 0) is 0 Å². The van der Waals surface area contributed by atoms with Crippen molar-refractivity contribution in [2.24, 2.45) is 0 Å². The smallest absolute Gasteiger partial charge is 0.257 e. The van der Waals surface area contributed by atoms with Gasteiger partial charge in [-0.15, -0.1) is 0 Å². The Labute approximate surface area is 132 Å². The van der Waals surface area contributed by atoms with Gasteiger partial charge in [0.25, 0.3) is 5.91 Å². The van der Waals surface area contributed by atoms with Crippen LogP contribution >= 0.6 is 11.3 Å². The van der Waals surface area contributed by atoms with Crippen LogP contribution < -0.4 is 5.32 Å². The van der Waals surface area contributed by atoms with Crippen molar-refractivity contribution in [3.63, 3.8) is 0 Å². The van der Waals surface area contributed by atoms with Gasteiger partial charge in [0.05, 0.1) is 10.6 Å². The summed E-state index contributed by atoms with van der Waals surface area (Å²) < 4.78 is 0. The van der Waals surface area contributed by atoms with Gasteiger partial charge in [-0.05, 0) is 31.5 Å². The highest BCUT2D eigenvalue weighted by Gasteiger charge is 2.14. The lowest BCUT2D eigenvalue weighted by Crippen LogP contribution is -2.12. The Bertz CT molecular complexity index is 812. The van der Waals surface area contributed by atoms with E-state index in [1.807, 2.05) is 50.2 Å². The normalized spacial score (nSPS) is 10.5. The molecule has 110 valence electrons. The van der Waals surface area contributed by atoms with E-state index in [0.717, 1.165) is 21.7 Å². The molecule has 1 aromatic carbocycles. The Morgan fingerprint density at radius 1 is 1.14 bits per heavy atom. The van der Waals surface area contributed by atoms with Gasteiger partial charge in [-0.2, -0.15) is 0 Å². The summed E-state index contributed by atoms with van der Waals surface area (Å²) in [7, 11) is 0. The molecule has 3 aromatic rings. The summed E-state index contributed by atoms with van der Waals surface area (Å²) in [6, 6.07) is 11.4. The quantitative estimate of drug-likeness (QED) is 0.793. The van der Waals surface area contributed by atoms with Crippen molar-refractivity contribution in [1.29, 1.82) is 0 Å². The second-order valence-electron chi connectivity index (χ2n) is 4.94. The molecule has 1 N–H and O–H groups in total. The van der Waals surface area contributed by atoms with Crippen molar-refractivity contribution in [2.75, 3.05) is 5.32 Å². The third-order valence-electron chi connectivity index (χ3n) is 3.33. The number of pyridine rings is 1. The standard InChI is InChI=1S/C17H15N3OS/c1-11-6-3-4-8-14(11)16(21)20-17-19-12(2)15(22-17)13-7-5-9-18-10-13/h3-10H,1-2H3,(H,19,20,21). The molecule has 2 aromatic heterocycles. The van der Waals surface area contributed by atoms with Crippen LogP contribution in [0.4, 0.5) is 5.13 Å². The molecule has 0 aliphatic rings. The monoisotopic (exact) mass is 309 g/mol. The fraction of sp³-hybridized carbons (Fsp3) is 0.118. The van der Waals surface area contributed by atoms with E-state index < -0.39 is 0 Å². The van der Waals surface area contributed by atoms with E-state index in [1.165, 1.54) is 11.3 Å². The van der Waals surface area contributed by atoms with Crippen LogP contribution in [0.25, 0.3) is 10.4 Å². The number of hydrogen-bond acceptors (Lipinski definition) is 4. The highest BCUT2D eigenvalue weighted by Crippen LogP contribution is 2.32. The molecule has 3 rings (SSSR count). The zero-order valence-corrected chi connectivity index (χ0v) is 13.1. The second kappa shape index (κ2) is 6.07. The lowest BCUT2D eigenvalue weighted by molar-refractivity contribution is 0.102. The number of nitrogens with one attached hydrogen (secondary N) is 1. The Hall–Kier alpha value is -2.53. The summed E-state index contributed by atoms with van der Waals surface area (Å²) in [5.41, 5.74) is 3.51. The molecule has 0 aliphatic heterocycles. The summed E-state index contributed by atoms with van der Waals surface area (Å²) in [6.45, 7) is 3.85. The van der Waals surface area contributed by atoms with E-state index in [-0.39, 0.29) is 5.91 Å². The van der Waals surface area contributed by atoms with E-state index in [9.17, 15) is 4.79 Å². The van der Waals surface area contributed by atoms with Crippen LogP contribution in [0.2, 0.25) is 0 Å². The number of aryl methyl sites for hydroxylation is 2. The number of hydrogen-bond donors (Lipinski definition) is 1. The van der Waals surface area contributed by atoms with Gasteiger partial charge in [0.1, 0.15) is 0 Å². The summed E-state index contributed by atoms with van der Waals surface area (Å²) >= 11 is 1.46. The SMILES string of the molecule is Cc1ccccc1C(=O)Nc1nc(C)c(-c2cccnc2)s1. The lowest BCUT2D eigenvalue weighted by atomic mass is 10.1. The van der Waals surface area contributed by atoms with Crippen LogP contribution in [0, 0.1) is 13.8 Å². The molecule has 0 aliphatic carbocycles. The average Bonchev–Trinajstić information content (AvgIpc) is 2.89. The first-order valence-electron chi connectivity index (χ1n) is 6.90. The van der Waals surface area contributed by atoms with E-state index >= 15 is 0 Å². The van der Waals surface area contributed by atoms with Gasteiger partial charge in [-0.25, -0.2) is 4.98 Å². The molecule has 0 bridgehead atoms. The van der Waals surface area contributed by atoms with Crippen LogP contribution in [-0.4, -0.2) is 15.9 Å². The minimum absolute atomic E-state index is 0.135. The van der Waals surface area contributed by atoms with Gasteiger partial charge in [-0.3, -0.25) is 15.1 Å². The molecule has 0 saturated heterocycles. The Morgan fingerprint density at radius 3 is 2.68 bits per heavy atom. The molecule has 22 heavy (non-hydrogen) atoms. The maximum absolute atomic E-state index is 12.3. The van der Waals surface area contributed by atoms with Crippen LogP contribution in [0.1, 0.15) is 21.6 Å². The van der Waals surface area contributed by atoms with Crippen LogP contribution in [0.15, 0.2) is 48.8 Å². The van der Waals surface area contributed by atoms with Gasteiger partial charge in [-0.1, -0.05) is 35.6 Å². The van der Waals surface area contributed by atoms with E-state index in [0.29, 0.717) is 10.7 Å². The number of carbonyl (C=O) groups is 1. The molecular formula is C17H15N3OS. The van der Waals surface area contributed by atoms with Crippen molar-refractivity contribution in [3.8, 4) is 10.4 Å². The minimum atomic E-state index is -0.135. The van der Waals surface area contributed by atoms with E-state index in [4.69, 9.17) is 0 Å². The van der Waals surface area contributed by atoms with Crippen LogP contribution in [0.3, 0.4) is 0 Å². The van der Waals surface area contributed by atoms with Crippen molar-refractivity contribution in [1.82, 2.24) is 9.97 Å². The fourth-order valence-electron chi connectivity index (χ4n) is 2.21. The Balaban J connectivity index is 1.86. The van der Waals surface area contributed by atoms with Crippen molar-refractivity contribution in [3.05, 3.63) is 65.6 Å². The van der Waals surface area contributed by atoms with Gasteiger partial charge < -0.3 is 0 Å². The predicted octanol–water partition coefficient (Wildman–Crippen LogP) is 4.07. The molecule has 0 spiro atoms. The summed E-state index contributed by atoms with van der Waals surface area (Å²) in [5.74, 6) is -0.135. The third-order valence-corrected chi connectivity index (χ3v) is 4.45. The summed E-state index contributed by atoms with van der Waals surface area (Å²) in [6.07, 6.45) is 3.54. The Kier molecular flexibility index (Phi) is 3.98. The summed E-state index contributed by atoms with van der Waals surface area (Å²) in [5, 5.41) is 3.48. The Morgan fingerprint density at radius 2 is 1.95 bits per heavy atom. The zero-order chi connectivity index (χ0) is 15.5. The number of aromatic nitrogens is 2. The molecule has 0 fully saturated rings. The number of benzene rings is 1. The van der Waals surface area contributed by atoms with Gasteiger partial charge in [0.2, 0.25) is 0 Å². The van der Waals surface area contributed by atoms with Gasteiger partial charge in [0.15, 0.2) is 5.13 Å². The number of anilines is 1. The highest BCUT2D eigenvalue weighted by atomic mass is 32.1. The number of carbonyl (C=O) groups excluding carboxylic acids is 1. The largest absolute Gasteiger partial charge is 0.298 e. The lowest BCUT2D eigenvalue weighted by Gasteiger charge is -2.04. The van der Waals surface area contributed by atoms with Crippen molar-refractivity contribution in [2.45, 2.75) is 13.8 Å².